The van der Waals surface area contributed by atoms with Gasteiger partial charge in [0.15, 0.2) is 17.2 Å². The number of carbonyl (C=O) groups is 2. The number of carboxylic acid groups (broad SMARTS) is 1. The fraction of sp³-hybridized carbons (Fsp3) is 0.353. The zero-order valence-electron chi connectivity index (χ0n) is 14.6. The van der Waals surface area contributed by atoms with Crippen LogP contribution in [0.1, 0.15) is 40.7 Å². The number of halogens is 3. The van der Waals surface area contributed by atoms with E-state index in [4.69, 9.17) is 4.74 Å². The normalized spacial score (nSPS) is 13.7. The molecular weight excluding hydrogens is 399 g/mol. The van der Waals surface area contributed by atoms with Crippen molar-refractivity contribution < 1.29 is 32.6 Å². The fourth-order valence-electron chi connectivity index (χ4n) is 2.55. The zero-order valence-corrected chi connectivity index (χ0v) is 15.5. The Balaban J connectivity index is 1.76. The first-order valence-corrected chi connectivity index (χ1v) is 9.11. The molecule has 0 spiro atoms. The lowest BCUT2D eigenvalue weighted by Gasteiger charge is -2.26. The van der Waals surface area contributed by atoms with Crippen LogP contribution in [0.25, 0.3) is 0 Å². The number of carboxylic acids is 1. The Kier molecular flexibility index (Phi) is 5.73. The molecule has 0 saturated heterocycles. The van der Waals surface area contributed by atoms with Crippen LogP contribution in [0.2, 0.25) is 0 Å². The van der Waals surface area contributed by atoms with Crippen LogP contribution in [0.5, 0.6) is 5.88 Å². The molecule has 3 rings (SSSR count). The molecule has 11 heteroatoms. The van der Waals surface area contributed by atoms with Crippen LogP contribution in [-0.4, -0.2) is 27.5 Å². The number of rotatable bonds is 6. The predicted octanol–water partition coefficient (Wildman–Crippen LogP) is 3.82. The summed E-state index contributed by atoms with van der Waals surface area (Å²) in [6.07, 6.45) is 2.71. The molecule has 2 aromatic rings. The lowest BCUT2D eigenvalue weighted by atomic mass is 9.93. The molecule has 0 radical (unpaired) electrons. The summed E-state index contributed by atoms with van der Waals surface area (Å²) in [6, 6.07) is 0.271. The molecule has 1 aliphatic rings. The third-order valence-electron chi connectivity index (χ3n) is 4.33. The maximum absolute atomic E-state index is 13.9. The summed E-state index contributed by atoms with van der Waals surface area (Å²) in [5.41, 5.74) is -1.35. The van der Waals surface area contributed by atoms with Crippen LogP contribution < -0.4 is 15.4 Å². The van der Waals surface area contributed by atoms with Crippen molar-refractivity contribution >= 4 is 28.5 Å². The molecular formula is C17H16F3N3O4S. The van der Waals surface area contributed by atoms with E-state index >= 15 is 0 Å². The van der Waals surface area contributed by atoms with E-state index in [1.807, 2.05) is 0 Å². The summed E-state index contributed by atoms with van der Waals surface area (Å²) in [6.45, 7) is 0.439. The molecule has 1 aliphatic carbocycles. The number of benzene rings is 1. The molecule has 1 heterocycles. The van der Waals surface area contributed by atoms with E-state index in [1.165, 1.54) is 6.92 Å². The van der Waals surface area contributed by atoms with Gasteiger partial charge < -0.3 is 15.2 Å². The minimum atomic E-state index is -1.45. The molecule has 1 aromatic carbocycles. The number of nitrogens with one attached hydrogen (secondary N) is 2. The Bertz CT molecular complexity index is 931. The number of hydrogen-bond donors (Lipinski definition) is 3. The highest BCUT2D eigenvalue weighted by atomic mass is 32.1. The van der Waals surface area contributed by atoms with Gasteiger partial charge in [0.1, 0.15) is 17.4 Å². The van der Waals surface area contributed by atoms with Gasteiger partial charge in [0.05, 0.1) is 5.56 Å². The Morgan fingerprint density at radius 2 is 2.04 bits per heavy atom. The first kappa shape index (κ1) is 19.9. The highest BCUT2D eigenvalue weighted by molar-refractivity contribution is 7.11. The molecule has 0 unspecified atom stereocenters. The van der Waals surface area contributed by atoms with Gasteiger partial charge in [0, 0.05) is 6.04 Å². The zero-order chi connectivity index (χ0) is 20.4. The standard InChI is InChI=1S/C17H16F3N3O4S/c1-7-5-10(18)9(13(20)12(7)19)6-27-14-11(16(24)25)15(28-23-14)22-17(26)21-8-3-2-4-8/h5,8H,2-4,6H2,1H3,(H,24,25)(H2,21,22,26). The Labute approximate surface area is 161 Å². The molecule has 1 saturated carbocycles. The van der Waals surface area contributed by atoms with Crippen LogP contribution in [0.3, 0.4) is 0 Å². The van der Waals surface area contributed by atoms with Crippen molar-refractivity contribution in [2.24, 2.45) is 0 Å². The van der Waals surface area contributed by atoms with E-state index in [-0.39, 0.29) is 16.6 Å². The fourth-order valence-corrected chi connectivity index (χ4v) is 3.27. The quantitative estimate of drug-likeness (QED) is 0.623. The van der Waals surface area contributed by atoms with E-state index in [2.05, 4.69) is 15.0 Å². The van der Waals surface area contributed by atoms with Crippen LogP contribution >= 0.6 is 11.5 Å². The number of aromatic carboxylic acids is 1. The second-order valence-corrected chi connectivity index (χ2v) is 7.07. The van der Waals surface area contributed by atoms with Gasteiger partial charge in [0.2, 0.25) is 5.88 Å². The third kappa shape index (κ3) is 4.03. The highest BCUT2D eigenvalue weighted by Gasteiger charge is 2.26. The summed E-state index contributed by atoms with van der Waals surface area (Å²) >= 11 is 0.645. The average molecular weight is 415 g/mol. The van der Waals surface area contributed by atoms with Crippen LogP contribution in [-0.2, 0) is 6.61 Å². The molecule has 150 valence electrons. The van der Waals surface area contributed by atoms with Crippen molar-refractivity contribution in [1.29, 1.82) is 0 Å². The van der Waals surface area contributed by atoms with Gasteiger partial charge in [-0.2, -0.15) is 4.37 Å². The van der Waals surface area contributed by atoms with Crippen LogP contribution in [0.4, 0.5) is 23.0 Å². The van der Waals surface area contributed by atoms with E-state index in [9.17, 15) is 27.9 Å². The topological polar surface area (TPSA) is 101 Å². The summed E-state index contributed by atoms with van der Waals surface area (Å²) in [4.78, 5) is 23.4. The Morgan fingerprint density at radius 3 is 2.64 bits per heavy atom. The molecule has 2 amide bonds. The first-order chi connectivity index (χ1) is 13.3. The number of urea groups is 1. The van der Waals surface area contributed by atoms with E-state index in [0.717, 1.165) is 25.3 Å². The lowest BCUT2D eigenvalue weighted by molar-refractivity contribution is 0.0693. The minimum absolute atomic E-state index is 0.0410. The first-order valence-electron chi connectivity index (χ1n) is 8.34. The average Bonchev–Trinajstić information content (AvgIpc) is 2.98. The molecule has 0 aliphatic heterocycles. The smallest absolute Gasteiger partial charge is 0.344 e. The van der Waals surface area contributed by atoms with Crippen molar-refractivity contribution in [3.05, 3.63) is 40.2 Å². The van der Waals surface area contributed by atoms with E-state index < -0.39 is 53.1 Å². The van der Waals surface area contributed by atoms with Crippen molar-refractivity contribution in [2.75, 3.05) is 5.32 Å². The summed E-state index contributed by atoms with van der Waals surface area (Å²) < 4.78 is 50.4. The minimum Gasteiger partial charge on any atom is -0.477 e. The predicted molar refractivity (Wildman–Crippen MR) is 94.3 cm³/mol. The van der Waals surface area contributed by atoms with E-state index in [0.29, 0.717) is 11.5 Å². The number of carbonyl (C=O) groups excluding carboxylic acids is 1. The van der Waals surface area contributed by atoms with Crippen LogP contribution in [0.15, 0.2) is 6.07 Å². The van der Waals surface area contributed by atoms with Gasteiger partial charge in [-0.25, -0.2) is 22.8 Å². The number of anilines is 1. The second kappa shape index (κ2) is 8.05. The molecule has 1 fully saturated rings. The summed E-state index contributed by atoms with van der Waals surface area (Å²) in [7, 11) is 0. The van der Waals surface area contributed by atoms with Gasteiger partial charge >= 0.3 is 12.0 Å². The van der Waals surface area contributed by atoms with Gasteiger partial charge in [-0.15, -0.1) is 0 Å². The number of ether oxygens (including phenoxy) is 1. The van der Waals surface area contributed by atoms with Crippen LogP contribution in [0, 0.1) is 24.4 Å². The van der Waals surface area contributed by atoms with Gasteiger partial charge in [0.25, 0.3) is 0 Å². The van der Waals surface area contributed by atoms with E-state index in [1.54, 1.807) is 0 Å². The number of amides is 2. The van der Waals surface area contributed by atoms with Crippen molar-refractivity contribution in [3.63, 3.8) is 0 Å². The number of hydrogen-bond acceptors (Lipinski definition) is 5. The third-order valence-corrected chi connectivity index (χ3v) is 5.08. The summed E-state index contributed by atoms with van der Waals surface area (Å²) in [5.74, 6) is -5.54. The van der Waals surface area contributed by atoms with Crippen molar-refractivity contribution in [3.8, 4) is 5.88 Å². The van der Waals surface area contributed by atoms with Gasteiger partial charge in [-0.05, 0) is 49.3 Å². The Morgan fingerprint density at radius 1 is 1.32 bits per heavy atom. The molecule has 1 aromatic heterocycles. The Hall–Kier alpha value is -2.82. The molecule has 28 heavy (non-hydrogen) atoms. The number of nitrogens with zero attached hydrogens (tertiary/aromatic N) is 1. The summed E-state index contributed by atoms with van der Waals surface area (Å²) in [5, 5.41) is 14.4. The lowest BCUT2D eigenvalue weighted by Crippen LogP contribution is -2.41. The number of aromatic nitrogens is 1. The van der Waals surface area contributed by atoms with Crippen molar-refractivity contribution in [2.45, 2.75) is 38.8 Å². The largest absolute Gasteiger partial charge is 0.477 e. The molecule has 7 nitrogen and oxygen atoms in total. The monoisotopic (exact) mass is 415 g/mol. The van der Waals surface area contributed by atoms with Gasteiger partial charge in [-0.1, -0.05) is 0 Å². The van der Waals surface area contributed by atoms with Crippen molar-refractivity contribution in [1.82, 2.24) is 9.69 Å². The maximum atomic E-state index is 13.9. The highest BCUT2D eigenvalue weighted by Crippen LogP contribution is 2.32. The molecule has 0 atom stereocenters. The molecule has 3 N–H and O–H groups in total. The number of aryl methyl sites for hydroxylation is 1. The molecule has 0 bridgehead atoms. The second-order valence-electron chi connectivity index (χ2n) is 6.29. The SMILES string of the molecule is Cc1cc(F)c(COc2nsc(NC(=O)NC3CCC3)c2C(=O)O)c(F)c1F. The van der Waals surface area contributed by atoms with Gasteiger partial charge in [-0.3, -0.25) is 5.32 Å². The maximum Gasteiger partial charge on any atom is 0.344 e.